The number of amides is 1. The molecule has 0 fully saturated rings. The number of rotatable bonds is 6. The summed E-state index contributed by atoms with van der Waals surface area (Å²) in [6.07, 6.45) is 1.19. The molecule has 0 unspecified atom stereocenters. The molecule has 162 valence electrons. The molecular weight excluding hydrogens is 403 g/mol. The summed E-state index contributed by atoms with van der Waals surface area (Å²) in [7, 11) is 0. The van der Waals surface area contributed by atoms with Crippen LogP contribution in [0.1, 0.15) is 47.9 Å². The van der Waals surface area contributed by atoms with Gasteiger partial charge in [-0.2, -0.15) is 0 Å². The fourth-order valence-electron chi connectivity index (χ4n) is 4.19. The standard InChI is InChI=1S/C27H25FN2O2/c1-3-23(18-10-6-5-7-11-18)29-26(31)25-21-12-8-9-13-22(21)27(32)30(24(25)4-2)20-16-14-19(28)15-17-20/h5-17,23H,3-4H2,1-2H3,(H,29,31)/t23-/m0/s1. The molecular formula is C27H25FN2O2. The summed E-state index contributed by atoms with van der Waals surface area (Å²) in [6, 6.07) is 22.6. The molecule has 1 atom stereocenters. The lowest BCUT2D eigenvalue weighted by molar-refractivity contribution is 0.0935. The molecule has 32 heavy (non-hydrogen) atoms. The van der Waals surface area contributed by atoms with Gasteiger partial charge in [0.05, 0.1) is 11.6 Å². The van der Waals surface area contributed by atoms with Crippen molar-refractivity contribution in [2.75, 3.05) is 0 Å². The molecule has 5 heteroatoms. The average Bonchev–Trinajstić information content (AvgIpc) is 2.83. The van der Waals surface area contributed by atoms with E-state index in [2.05, 4.69) is 5.32 Å². The number of pyridine rings is 1. The molecule has 1 N–H and O–H groups in total. The number of carbonyl (C=O) groups is 1. The highest BCUT2D eigenvalue weighted by Crippen LogP contribution is 2.25. The first kappa shape index (κ1) is 21.5. The van der Waals surface area contributed by atoms with Gasteiger partial charge in [-0.3, -0.25) is 14.2 Å². The zero-order chi connectivity index (χ0) is 22.7. The maximum Gasteiger partial charge on any atom is 0.263 e. The van der Waals surface area contributed by atoms with Crippen molar-refractivity contribution in [3.05, 3.63) is 112 Å². The van der Waals surface area contributed by atoms with Crippen LogP contribution in [-0.2, 0) is 6.42 Å². The van der Waals surface area contributed by atoms with Crippen LogP contribution < -0.4 is 10.9 Å². The van der Waals surface area contributed by atoms with E-state index in [0.29, 0.717) is 34.1 Å². The quantitative estimate of drug-likeness (QED) is 0.436. The number of fused-ring (bicyclic) bond motifs is 1. The van der Waals surface area contributed by atoms with E-state index in [-0.39, 0.29) is 23.3 Å². The first-order chi connectivity index (χ1) is 15.5. The van der Waals surface area contributed by atoms with Gasteiger partial charge < -0.3 is 5.32 Å². The number of hydrogen-bond acceptors (Lipinski definition) is 2. The van der Waals surface area contributed by atoms with Gasteiger partial charge >= 0.3 is 0 Å². The summed E-state index contributed by atoms with van der Waals surface area (Å²) in [4.78, 5) is 27.0. The van der Waals surface area contributed by atoms with Crippen molar-refractivity contribution in [2.24, 2.45) is 0 Å². The van der Waals surface area contributed by atoms with Crippen molar-refractivity contribution in [1.29, 1.82) is 0 Å². The molecule has 0 aliphatic carbocycles. The van der Waals surface area contributed by atoms with Crippen molar-refractivity contribution in [3.8, 4) is 5.69 Å². The van der Waals surface area contributed by atoms with Gasteiger partial charge in [0, 0.05) is 22.2 Å². The zero-order valence-electron chi connectivity index (χ0n) is 18.1. The highest BCUT2D eigenvalue weighted by molar-refractivity contribution is 6.08. The maximum atomic E-state index is 13.6. The fraction of sp³-hybridized carbons (Fsp3) is 0.185. The van der Waals surface area contributed by atoms with Gasteiger partial charge in [-0.25, -0.2) is 4.39 Å². The third kappa shape index (κ3) is 3.94. The Balaban J connectivity index is 1.92. The second-order valence-electron chi connectivity index (χ2n) is 7.68. The van der Waals surface area contributed by atoms with E-state index in [1.54, 1.807) is 24.3 Å². The Morgan fingerprint density at radius 3 is 2.16 bits per heavy atom. The monoisotopic (exact) mass is 428 g/mol. The molecule has 0 aliphatic heterocycles. The second-order valence-corrected chi connectivity index (χ2v) is 7.68. The van der Waals surface area contributed by atoms with E-state index in [0.717, 1.165) is 12.0 Å². The van der Waals surface area contributed by atoms with Gasteiger partial charge in [-0.05, 0) is 48.7 Å². The normalized spacial score (nSPS) is 12.0. The van der Waals surface area contributed by atoms with E-state index in [9.17, 15) is 14.0 Å². The number of carbonyl (C=O) groups excluding carboxylic acids is 1. The third-order valence-electron chi connectivity index (χ3n) is 5.75. The minimum Gasteiger partial charge on any atom is -0.345 e. The molecule has 0 bridgehead atoms. The number of nitrogens with zero attached hydrogens (tertiary/aromatic N) is 1. The third-order valence-corrected chi connectivity index (χ3v) is 5.75. The molecule has 4 rings (SSSR count). The minimum absolute atomic E-state index is 0.154. The first-order valence-electron chi connectivity index (χ1n) is 10.8. The molecule has 0 radical (unpaired) electrons. The lowest BCUT2D eigenvalue weighted by atomic mass is 9.99. The molecule has 1 heterocycles. The van der Waals surface area contributed by atoms with Gasteiger partial charge in [0.2, 0.25) is 0 Å². The number of nitrogens with one attached hydrogen (secondary N) is 1. The summed E-state index contributed by atoms with van der Waals surface area (Å²) in [5.41, 5.74) is 2.40. The lowest BCUT2D eigenvalue weighted by Crippen LogP contribution is -2.32. The Morgan fingerprint density at radius 2 is 1.53 bits per heavy atom. The van der Waals surface area contributed by atoms with Crippen LogP contribution in [0.4, 0.5) is 4.39 Å². The number of hydrogen-bond donors (Lipinski definition) is 1. The van der Waals surface area contributed by atoms with Gasteiger partial charge in [0.1, 0.15) is 5.82 Å². The highest BCUT2D eigenvalue weighted by atomic mass is 19.1. The van der Waals surface area contributed by atoms with Gasteiger partial charge in [-0.15, -0.1) is 0 Å². The van der Waals surface area contributed by atoms with Crippen LogP contribution in [0.2, 0.25) is 0 Å². The highest BCUT2D eigenvalue weighted by Gasteiger charge is 2.23. The lowest BCUT2D eigenvalue weighted by Gasteiger charge is -2.22. The van der Waals surface area contributed by atoms with E-state index < -0.39 is 0 Å². The SMILES string of the molecule is CCc1c(C(=O)N[C@@H](CC)c2ccccc2)c2ccccc2c(=O)n1-c1ccc(F)cc1. The molecule has 0 saturated heterocycles. The topological polar surface area (TPSA) is 51.1 Å². The van der Waals surface area contributed by atoms with E-state index in [1.165, 1.54) is 16.7 Å². The average molecular weight is 429 g/mol. The first-order valence-corrected chi connectivity index (χ1v) is 10.8. The number of halogens is 1. The number of aromatic nitrogens is 1. The van der Waals surface area contributed by atoms with Crippen molar-refractivity contribution in [1.82, 2.24) is 9.88 Å². The summed E-state index contributed by atoms with van der Waals surface area (Å²) in [5, 5.41) is 4.23. The van der Waals surface area contributed by atoms with Crippen LogP contribution in [0.25, 0.3) is 16.5 Å². The largest absolute Gasteiger partial charge is 0.345 e. The Labute approximate surface area is 186 Å². The van der Waals surface area contributed by atoms with Crippen LogP contribution in [0.3, 0.4) is 0 Å². The summed E-state index contributed by atoms with van der Waals surface area (Å²) in [6.45, 7) is 3.94. The Morgan fingerprint density at radius 1 is 0.906 bits per heavy atom. The number of benzene rings is 3. The molecule has 4 aromatic rings. The van der Waals surface area contributed by atoms with Crippen LogP contribution in [0, 0.1) is 5.82 Å². The Hall–Kier alpha value is -3.73. The van der Waals surface area contributed by atoms with Crippen LogP contribution >= 0.6 is 0 Å². The predicted octanol–water partition coefficient (Wildman–Crippen LogP) is 5.57. The van der Waals surface area contributed by atoms with Crippen LogP contribution in [0.15, 0.2) is 83.7 Å². The molecule has 3 aromatic carbocycles. The minimum atomic E-state index is -0.382. The zero-order valence-corrected chi connectivity index (χ0v) is 18.1. The second kappa shape index (κ2) is 9.18. The molecule has 0 saturated carbocycles. The predicted molar refractivity (Wildman–Crippen MR) is 126 cm³/mol. The maximum absolute atomic E-state index is 13.6. The molecule has 0 aliphatic rings. The summed E-state index contributed by atoms with van der Waals surface area (Å²) >= 11 is 0. The fourth-order valence-corrected chi connectivity index (χ4v) is 4.19. The Bertz CT molecular complexity index is 1310. The summed E-state index contributed by atoms with van der Waals surface area (Å²) in [5.74, 6) is -0.614. The molecule has 0 spiro atoms. The smallest absolute Gasteiger partial charge is 0.263 e. The van der Waals surface area contributed by atoms with Gasteiger partial charge in [0.15, 0.2) is 0 Å². The Kier molecular flexibility index (Phi) is 6.17. The van der Waals surface area contributed by atoms with Crippen LogP contribution in [0.5, 0.6) is 0 Å². The van der Waals surface area contributed by atoms with E-state index in [1.807, 2.05) is 56.3 Å². The van der Waals surface area contributed by atoms with Gasteiger partial charge in [0.25, 0.3) is 11.5 Å². The van der Waals surface area contributed by atoms with E-state index >= 15 is 0 Å². The summed E-state index contributed by atoms with van der Waals surface area (Å²) < 4.78 is 15.1. The molecule has 4 nitrogen and oxygen atoms in total. The van der Waals surface area contributed by atoms with Crippen molar-refractivity contribution in [2.45, 2.75) is 32.7 Å². The van der Waals surface area contributed by atoms with Crippen LogP contribution in [-0.4, -0.2) is 10.5 Å². The van der Waals surface area contributed by atoms with Crippen molar-refractivity contribution < 1.29 is 9.18 Å². The van der Waals surface area contributed by atoms with E-state index in [4.69, 9.17) is 0 Å². The van der Waals surface area contributed by atoms with Crippen molar-refractivity contribution >= 4 is 16.7 Å². The molecule has 1 amide bonds. The molecule has 1 aromatic heterocycles. The van der Waals surface area contributed by atoms with Crippen molar-refractivity contribution in [3.63, 3.8) is 0 Å². The van der Waals surface area contributed by atoms with Gasteiger partial charge in [-0.1, -0.05) is 62.4 Å².